The van der Waals surface area contributed by atoms with Crippen LogP contribution >= 0.6 is 0 Å². The van der Waals surface area contributed by atoms with Crippen LogP contribution in [0.1, 0.15) is 84.0 Å². The Balaban J connectivity index is 0.000000860. The van der Waals surface area contributed by atoms with Crippen LogP contribution in [0.5, 0.6) is 5.75 Å². The van der Waals surface area contributed by atoms with Crippen LogP contribution in [0.3, 0.4) is 0 Å². The molecule has 1 N–H and O–H groups in total. The number of alkyl carbamates (subject to hydrolysis) is 1. The molecule has 0 unspecified atom stereocenters. The fraction of sp³-hybridized carbons (Fsp3) is 0.357. The van der Waals surface area contributed by atoms with Gasteiger partial charge >= 0.3 is 12.1 Å². The van der Waals surface area contributed by atoms with E-state index in [1.54, 1.807) is 19.4 Å². The van der Waals surface area contributed by atoms with Crippen LogP contribution in [-0.2, 0) is 33.8 Å². The van der Waals surface area contributed by atoms with E-state index in [1.807, 2.05) is 99.6 Å². The Labute approximate surface area is 296 Å². The van der Waals surface area contributed by atoms with Gasteiger partial charge in [-0.1, -0.05) is 82.0 Å². The third-order valence-corrected chi connectivity index (χ3v) is 7.72. The number of unbranched alkanes of at least 4 members (excludes halogenated alkanes) is 3. The summed E-state index contributed by atoms with van der Waals surface area (Å²) in [5, 5.41) is 3.69. The highest BCUT2D eigenvalue weighted by Crippen LogP contribution is 2.33. The van der Waals surface area contributed by atoms with Gasteiger partial charge in [-0.25, -0.2) is 4.79 Å². The molecule has 3 aromatic carbocycles. The summed E-state index contributed by atoms with van der Waals surface area (Å²) < 4.78 is 22.8. The second kappa shape index (κ2) is 18.6. The lowest BCUT2D eigenvalue weighted by Gasteiger charge is -2.19. The predicted octanol–water partition coefficient (Wildman–Crippen LogP) is 10.5. The van der Waals surface area contributed by atoms with Crippen LogP contribution in [0.15, 0.2) is 95.7 Å². The number of hydrogen-bond acceptors (Lipinski definition) is 7. The number of aromatic nitrogens is 1. The first kappa shape index (κ1) is 37.7. The van der Waals surface area contributed by atoms with Crippen LogP contribution in [-0.4, -0.2) is 29.3 Å². The van der Waals surface area contributed by atoms with E-state index in [2.05, 4.69) is 24.1 Å². The first-order valence-corrected chi connectivity index (χ1v) is 17.5. The van der Waals surface area contributed by atoms with Crippen molar-refractivity contribution in [2.24, 2.45) is 0 Å². The van der Waals surface area contributed by atoms with Gasteiger partial charge < -0.3 is 23.9 Å². The van der Waals surface area contributed by atoms with Crippen LogP contribution in [0.25, 0.3) is 33.2 Å². The number of amides is 1. The number of carbonyl (C=O) groups is 2. The van der Waals surface area contributed by atoms with Crippen molar-refractivity contribution < 1.29 is 28.2 Å². The molecule has 50 heavy (non-hydrogen) atoms. The normalized spacial score (nSPS) is 11.0. The largest absolute Gasteiger partial charge is 0.489 e. The van der Waals surface area contributed by atoms with Crippen molar-refractivity contribution in [3.63, 3.8) is 0 Å². The van der Waals surface area contributed by atoms with E-state index >= 15 is 0 Å². The molecule has 0 aliphatic heterocycles. The molecule has 0 radical (unpaired) electrons. The molecule has 2 heterocycles. The predicted molar refractivity (Wildman–Crippen MR) is 199 cm³/mol. The Kier molecular flexibility index (Phi) is 14.0. The van der Waals surface area contributed by atoms with Gasteiger partial charge in [0.05, 0.1) is 31.5 Å². The summed E-state index contributed by atoms with van der Waals surface area (Å²) in [4.78, 5) is 28.9. The maximum absolute atomic E-state index is 12.4. The van der Waals surface area contributed by atoms with Crippen LogP contribution in [0, 0.1) is 0 Å². The van der Waals surface area contributed by atoms with Crippen molar-refractivity contribution in [1.29, 1.82) is 0 Å². The van der Waals surface area contributed by atoms with Crippen molar-refractivity contribution in [3.8, 4) is 28.0 Å². The van der Waals surface area contributed by atoms with Gasteiger partial charge in [0.1, 0.15) is 23.5 Å². The van der Waals surface area contributed by atoms with Gasteiger partial charge in [-0.05, 0) is 86.3 Å². The highest BCUT2D eigenvalue weighted by Gasteiger charge is 2.17. The first-order valence-electron chi connectivity index (χ1n) is 17.5. The van der Waals surface area contributed by atoms with Gasteiger partial charge in [-0.15, -0.1) is 0 Å². The van der Waals surface area contributed by atoms with E-state index in [4.69, 9.17) is 18.6 Å². The van der Waals surface area contributed by atoms with Crippen molar-refractivity contribution in [2.45, 2.75) is 92.4 Å². The average Bonchev–Trinajstić information content (AvgIpc) is 3.58. The summed E-state index contributed by atoms with van der Waals surface area (Å²) in [5.41, 5.74) is 6.30. The second-order valence-corrected chi connectivity index (χ2v) is 13.0. The molecule has 8 nitrogen and oxygen atoms in total. The highest BCUT2D eigenvalue weighted by molar-refractivity contribution is 5.93. The summed E-state index contributed by atoms with van der Waals surface area (Å²) in [7, 11) is 0. The third kappa shape index (κ3) is 11.5. The Hall–Kier alpha value is -5.11. The minimum atomic E-state index is -0.588. The summed E-state index contributed by atoms with van der Waals surface area (Å²) >= 11 is 0. The van der Waals surface area contributed by atoms with E-state index in [1.165, 1.54) is 25.7 Å². The summed E-state index contributed by atoms with van der Waals surface area (Å²) in [6.07, 6.45) is 8.51. The zero-order chi connectivity index (χ0) is 35.9. The van der Waals surface area contributed by atoms with Crippen LogP contribution in [0.2, 0.25) is 0 Å². The summed E-state index contributed by atoms with van der Waals surface area (Å²) in [6, 6.07) is 25.7. The Bertz CT molecular complexity index is 1820. The van der Waals surface area contributed by atoms with E-state index in [-0.39, 0.29) is 25.5 Å². The number of hydrogen-bond donors (Lipinski definition) is 1. The molecule has 0 bridgehead atoms. The van der Waals surface area contributed by atoms with Gasteiger partial charge in [0, 0.05) is 22.7 Å². The quantitative estimate of drug-likeness (QED) is 0.0977. The van der Waals surface area contributed by atoms with Crippen molar-refractivity contribution >= 4 is 23.0 Å². The van der Waals surface area contributed by atoms with Gasteiger partial charge in [0.25, 0.3) is 0 Å². The number of furan rings is 1. The van der Waals surface area contributed by atoms with E-state index in [9.17, 15) is 9.59 Å². The molecule has 0 saturated carbocycles. The highest BCUT2D eigenvalue weighted by atomic mass is 16.6. The molecular formula is C42H50N2O6. The van der Waals surface area contributed by atoms with Crippen LogP contribution < -0.4 is 10.1 Å². The lowest BCUT2D eigenvalue weighted by molar-refractivity contribution is -0.142. The number of benzene rings is 3. The van der Waals surface area contributed by atoms with Gasteiger partial charge in [0.15, 0.2) is 0 Å². The number of nitrogens with zero attached hydrogens (tertiary/aromatic N) is 1. The molecule has 0 fully saturated rings. The van der Waals surface area contributed by atoms with Crippen molar-refractivity contribution in [2.75, 3.05) is 6.61 Å². The standard InChI is InChI=1S/C36H36N2O6.C6H14/c1-5-41-33(39)21-28-12-11-26(25-9-7-6-8-10-25)20-32(28)43-23-24-17-29-14-16-42-34(29)31(18-24)27-13-15-37-30(19-27)22-38-35(40)44-36(2,3)4;1-3-5-6-4-2/h6-20H,5,21-23H2,1-4H3,(H,38,40);3-6H2,1-2H3. The number of carbonyl (C=O) groups excluding carboxylic acids is 2. The second-order valence-electron chi connectivity index (χ2n) is 13.0. The average molecular weight is 679 g/mol. The third-order valence-electron chi connectivity index (χ3n) is 7.72. The molecule has 1 amide bonds. The topological polar surface area (TPSA) is 99.9 Å². The molecule has 0 atom stereocenters. The van der Waals surface area contributed by atoms with Gasteiger partial charge in [0.2, 0.25) is 0 Å². The molecule has 0 aliphatic rings. The maximum atomic E-state index is 12.4. The monoisotopic (exact) mass is 678 g/mol. The van der Waals surface area contributed by atoms with E-state index in [0.29, 0.717) is 18.1 Å². The van der Waals surface area contributed by atoms with Crippen LogP contribution in [0.4, 0.5) is 4.79 Å². The lowest BCUT2D eigenvalue weighted by Crippen LogP contribution is -2.32. The minimum absolute atomic E-state index is 0.112. The van der Waals surface area contributed by atoms with Gasteiger partial charge in [-0.3, -0.25) is 9.78 Å². The molecule has 5 rings (SSSR count). The Morgan fingerprint density at radius 2 is 1.60 bits per heavy atom. The van der Waals surface area contributed by atoms with Crippen molar-refractivity contribution in [1.82, 2.24) is 10.3 Å². The maximum Gasteiger partial charge on any atom is 0.407 e. The number of fused-ring (bicyclic) bond motifs is 1. The first-order chi connectivity index (χ1) is 24.1. The molecule has 264 valence electrons. The minimum Gasteiger partial charge on any atom is -0.489 e. The fourth-order valence-corrected chi connectivity index (χ4v) is 5.33. The molecule has 8 heteroatoms. The number of pyridine rings is 1. The molecule has 0 aliphatic carbocycles. The number of nitrogens with one attached hydrogen (secondary N) is 1. The van der Waals surface area contributed by atoms with E-state index < -0.39 is 11.7 Å². The van der Waals surface area contributed by atoms with E-state index in [0.717, 1.165) is 44.3 Å². The molecule has 0 spiro atoms. The summed E-state index contributed by atoms with van der Waals surface area (Å²) in [5.74, 6) is 0.314. The van der Waals surface area contributed by atoms with Crippen molar-refractivity contribution in [3.05, 3.63) is 108 Å². The van der Waals surface area contributed by atoms with Gasteiger partial charge in [-0.2, -0.15) is 0 Å². The number of esters is 1. The molecule has 2 aromatic heterocycles. The fourth-order valence-electron chi connectivity index (χ4n) is 5.33. The zero-order valence-corrected chi connectivity index (χ0v) is 30.2. The molecular weight excluding hydrogens is 628 g/mol. The number of ether oxygens (including phenoxy) is 3. The molecule has 5 aromatic rings. The Morgan fingerprint density at radius 3 is 2.30 bits per heavy atom. The smallest absolute Gasteiger partial charge is 0.407 e. The zero-order valence-electron chi connectivity index (χ0n) is 30.2. The Morgan fingerprint density at radius 1 is 0.840 bits per heavy atom. The SMILES string of the molecule is CCCCCC.CCOC(=O)Cc1ccc(-c2ccccc2)cc1OCc1cc(-c2ccnc(CNC(=O)OC(C)(C)C)c2)c2occc2c1. The molecule has 0 saturated heterocycles. The number of rotatable bonds is 13. The lowest BCUT2D eigenvalue weighted by atomic mass is 10.0. The summed E-state index contributed by atoms with van der Waals surface area (Å²) in [6.45, 7) is 12.5.